The van der Waals surface area contributed by atoms with E-state index in [-0.39, 0.29) is 23.5 Å². The number of rotatable bonds is 8. The van der Waals surface area contributed by atoms with Crippen molar-refractivity contribution in [1.29, 1.82) is 0 Å². The number of sulfonamides is 1. The average molecular weight is 376 g/mol. The number of carbonyl (C=O) groups is 1. The third-order valence-electron chi connectivity index (χ3n) is 3.77. The lowest BCUT2D eigenvalue weighted by Crippen LogP contribution is -2.35. The smallest absolute Gasteiger partial charge is 0.251 e. The molecule has 26 heavy (non-hydrogen) atoms. The zero-order chi connectivity index (χ0) is 19.2. The van der Waals surface area contributed by atoms with Crippen LogP contribution in [0.25, 0.3) is 0 Å². The van der Waals surface area contributed by atoms with Crippen LogP contribution in [0.1, 0.15) is 28.4 Å². The first-order chi connectivity index (χ1) is 12.3. The molecule has 0 spiro atoms. The van der Waals surface area contributed by atoms with Crippen LogP contribution in [0.3, 0.4) is 0 Å². The van der Waals surface area contributed by atoms with E-state index < -0.39 is 10.0 Å². The van der Waals surface area contributed by atoms with Gasteiger partial charge in [-0.15, -0.1) is 0 Å². The Bertz CT molecular complexity index is 831. The summed E-state index contributed by atoms with van der Waals surface area (Å²) >= 11 is 0. The van der Waals surface area contributed by atoms with Crippen molar-refractivity contribution in [2.45, 2.75) is 31.3 Å². The first-order valence-corrected chi connectivity index (χ1v) is 9.75. The quantitative estimate of drug-likeness (QED) is 0.740. The van der Waals surface area contributed by atoms with Crippen molar-refractivity contribution in [1.82, 2.24) is 10.0 Å². The van der Waals surface area contributed by atoms with E-state index in [1.54, 1.807) is 6.92 Å². The summed E-state index contributed by atoms with van der Waals surface area (Å²) in [6.07, 6.45) is 0. The standard InChI is InChI=1S/C19H24N2O4S/c1-14-4-6-16(7-5-14)12-20-19(22)17-8-10-18(11-9-17)26(23,24)21-15(2)13-25-3/h4-11,15,21H,12-13H2,1-3H3,(H,20,22)/t15-/m1/s1. The van der Waals surface area contributed by atoms with Gasteiger partial charge < -0.3 is 10.1 Å². The second-order valence-electron chi connectivity index (χ2n) is 6.17. The molecule has 2 rings (SSSR count). The number of hydrogen-bond acceptors (Lipinski definition) is 4. The van der Waals surface area contributed by atoms with E-state index in [0.717, 1.165) is 11.1 Å². The van der Waals surface area contributed by atoms with Gasteiger partial charge >= 0.3 is 0 Å². The number of ether oxygens (including phenoxy) is 1. The highest BCUT2D eigenvalue weighted by Crippen LogP contribution is 2.12. The number of carbonyl (C=O) groups excluding carboxylic acids is 1. The molecule has 7 heteroatoms. The van der Waals surface area contributed by atoms with Gasteiger partial charge in [-0.25, -0.2) is 13.1 Å². The average Bonchev–Trinajstić information content (AvgIpc) is 2.61. The lowest BCUT2D eigenvalue weighted by atomic mass is 10.1. The van der Waals surface area contributed by atoms with Crippen LogP contribution >= 0.6 is 0 Å². The van der Waals surface area contributed by atoms with Crippen LogP contribution in [0, 0.1) is 6.92 Å². The maximum Gasteiger partial charge on any atom is 0.251 e. The largest absolute Gasteiger partial charge is 0.383 e. The van der Waals surface area contributed by atoms with Crippen LogP contribution in [0.5, 0.6) is 0 Å². The fourth-order valence-corrected chi connectivity index (χ4v) is 3.62. The Hall–Kier alpha value is -2.22. The van der Waals surface area contributed by atoms with E-state index in [4.69, 9.17) is 4.74 Å². The number of nitrogens with one attached hydrogen (secondary N) is 2. The van der Waals surface area contributed by atoms with E-state index in [1.807, 2.05) is 31.2 Å². The Morgan fingerprint density at radius 1 is 1.08 bits per heavy atom. The molecule has 2 aromatic rings. The Morgan fingerprint density at radius 2 is 1.69 bits per heavy atom. The van der Waals surface area contributed by atoms with Crippen molar-refractivity contribution in [3.8, 4) is 0 Å². The molecule has 140 valence electrons. The first-order valence-electron chi connectivity index (χ1n) is 8.27. The van der Waals surface area contributed by atoms with Crippen LogP contribution in [-0.4, -0.2) is 34.1 Å². The fraction of sp³-hybridized carbons (Fsp3) is 0.316. The summed E-state index contributed by atoms with van der Waals surface area (Å²) in [6.45, 7) is 4.41. The molecule has 0 aliphatic rings. The van der Waals surface area contributed by atoms with Gasteiger partial charge in [0.25, 0.3) is 5.91 Å². The minimum atomic E-state index is -3.65. The Balaban J connectivity index is 1.99. The van der Waals surface area contributed by atoms with Crippen LogP contribution < -0.4 is 10.0 Å². The molecule has 0 saturated carbocycles. The Labute approximate surface area is 154 Å². The van der Waals surface area contributed by atoms with Gasteiger partial charge in [-0.3, -0.25) is 4.79 Å². The van der Waals surface area contributed by atoms with Gasteiger partial charge in [0.2, 0.25) is 10.0 Å². The van der Waals surface area contributed by atoms with Gasteiger partial charge in [-0.05, 0) is 43.7 Å². The molecule has 2 N–H and O–H groups in total. The third-order valence-corrected chi connectivity index (χ3v) is 5.38. The lowest BCUT2D eigenvalue weighted by Gasteiger charge is -2.13. The molecule has 0 aliphatic carbocycles. The topological polar surface area (TPSA) is 84.5 Å². The van der Waals surface area contributed by atoms with Crippen LogP contribution in [0.2, 0.25) is 0 Å². The second-order valence-corrected chi connectivity index (χ2v) is 7.88. The zero-order valence-electron chi connectivity index (χ0n) is 15.2. The maximum absolute atomic E-state index is 12.3. The summed E-state index contributed by atoms with van der Waals surface area (Å²) in [6, 6.07) is 13.4. The van der Waals surface area contributed by atoms with Crippen molar-refractivity contribution in [3.63, 3.8) is 0 Å². The van der Waals surface area contributed by atoms with E-state index in [2.05, 4.69) is 10.0 Å². The van der Waals surface area contributed by atoms with Crippen molar-refractivity contribution < 1.29 is 17.9 Å². The van der Waals surface area contributed by atoms with Crippen LogP contribution in [0.15, 0.2) is 53.4 Å². The second kappa shape index (κ2) is 8.93. The molecular formula is C19H24N2O4S. The van der Waals surface area contributed by atoms with Gasteiger partial charge in [0.15, 0.2) is 0 Å². The molecule has 0 fully saturated rings. The summed E-state index contributed by atoms with van der Waals surface area (Å²) in [5, 5.41) is 2.82. The molecule has 0 aromatic heterocycles. The molecule has 1 amide bonds. The van der Waals surface area contributed by atoms with Crippen molar-refractivity contribution >= 4 is 15.9 Å². The van der Waals surface area contributed by atoms with Crippen LogP contribution in [-0.2, 0) is 21.3 Å². The summed E-state index contributed by atoms with van der Waals surface area (Å²) in [7, 11) is -2.14. The highest BCUT2D eigenvalue weighted by molar-refractivity contribution is 7.89. The molecule has 2 aromatic carbocycles. The van der Waals surface area contributed by atoms with Crippen LogP contribution in [0.4, 0.5) is 0 Å². The normalized spacial score (nSPS) is 12.6. The van der Waals surface area contributed by atoms with Gasteiger partial charge in [-0.2, -0.15) is 0 Å². The number of amides is 1. The summed E-state index contributed by atoms with van der Waals surface area (Å²) in [4.78, 5) is 12.3. The molecule has 6 nitrogen and oxygen atoms in total. The number of aryl methyl sites for hydroxylation is 1. The highest BCUT2D eigenvalue weighted by atomic mass is 32.2. The minimum Gasteiger partial charge on any atom is -0.383 e. The maximum atomic E-state index is 12.3. The SMILES string of the molecule is COC[C@@H](C)NS(=O)(=O)c1ccc(C(=O)NCc2ccc(C)cc2)cc1. The Morgan fingerprint density at radius 3 is 2.27 bits per heavy atom. The molecule has 0 radical (unpaired) electrons. The van der Waals surface area contributed by atoms with E-state index in [1.165, 1.54) is 31.4 Å². The fourth-order valence-electron chi connectivity index (χ4n) is 2.39. The van der Waals surface area contributed by atoms with Gasteiger partial charge in [0.05, 0.1) is 11.5 Å². The molecular weight excluding hydrogens is 352 g/mol. The molecule has 0 unspecified atom stereocenters. The summed E-state index contributed by atoms with van der Waals surface area (Å²) in [5.74, 6) is -0.254. The highest BCUT2D eigenvalue weighted by Gasteiger charge is 2.17. The first kappa shape index (κ1) is 20.1. The van der Waals surface area contributed by atoms with Crippen molar-refractivity contribution in [2.24, 2.45) is 0 Å². The van der Waals surface area contributed by atoms with E-state index in [9.17, 15) is 13.2 Å². The van der Waals surface area contributed by atoms with E-state index >= 15 is 0 Å². The predicted molar refractivity (Wildman–Crippen MR) is 100 cm³/mol. The molecule has 0 heterocycles. The summed E-state index contributed by atoms with van der Waals surface area (Å²) < 4.78 is 32.0. The van der Waals surface area contributed by atoms with Gasteiger partial charge in [0.1, 0.15) is 0 Å². The Kier molecular flexibility index (Phi) is 6.90. The molecule has 0 aliphatic heterocycles. The zero-order valence-corrected chi connectivity index (χ0v) is 16.0. The number of hydrogen-bond donors (Lipinski definition) is 2. The minimum absolute atomic E-state index is 0.107. The summed E-state index contributed by atoms with van der Waals surface area (Å²) in [5.41, 5.74) is 2.56. The predicted octanol–water partition coefficient (Wildman–Crippen LogP) is 2.24. The number of benzene rings is 2. The monoisotopic (exact) mass is 376 g/mol. The van der Waals surface area contributed by atoms with Crippen molar-refractivity contribution in [3.05, 3.63) is 65.2 Å². The van der Waals surface area contributed by atoms with E-state index in [0.29, 0.717) is 12.1 Å². The number of methoxy groups -OCH3 is 1. The van der Waals surface area contributed by atoms with Gasteiger partial charge in [-0.1, -0.05) is 29.8 Å². The van der Waals surface area contributed by atoms with Crippen molar-refractivity contribution in [2.75, 3.05) is 13.7 Å². The third kappa shape index (κ3) is 5.66. The molecule has 0 saturated heterocycles. The molecule has 1 atom stereocenters. The molecule has 0 bridgehead atoms. The van der Waals surface area contributed by atoms with Gasteiger partial charge in [0, 0.05) is 25.3 Å². The lowest BCUT2D eigenvalue weighted by molar-refractivity contribution is 0.0951.